The molecule has 10 N–H and O–H groups in total. The number of fused-ring (bicyclic) bond motifs is 5. The third-order valence-electron chi connectivity index (χ3n) is 26.4. The Morgan fingerprint density at radius 3 is 2.14 bits per heavy atom. The van der Waals surface area contributed by atoms with E-state index in [1.165, 1.54) is 25.4 Å². The van der Waals surface area contributed by atoms with E-state index in [1.54, 1.807) is 48.1 Å². The average Bonchev–Trinajstić information content (AvgIpc) is 1.48. The summed E-state index contributed by atoms with van der Waals surface area (Å²) in [5.74, 6) is -2.66. The molecule has 5 aliphatic rings. The zero-order valence-corrected chi connectivity index (χ0v) is 80.1. The first-order chi connectivity index (χ1) is 62.8. The van der Waals surface area contributed by atoms with Gasteiger partial charge in [-0.2, -0.15) is 4.98 Å². The molecule has 1 aliphatic carbocycles. The van der Waals surface area contributed by atoms with Crippen molar-refractivity contribution in [1.82, 2.24) is 65.0 Å². The maximum atomic E-state index is 15.7. The van der Waals surface area contributed by atoms with Gasteiger partial charge in [0, 0.05) is 138 Å². The molecule has 0 bridgehead atoms. The SMILES string of the molecule is CC[C@]1(O)C[C@H](C)C[C@](C(=O)OC)(c2cc3c(cc2OC)N(C)[C@H]2[C@@](O)(C(=O)CCCC[Si](C)(C)O[Si](C)(C)CSc4ncc(Cn5cc(COCCOCCOCCOCCOCCOCCCC(=O)CC[C@H](NC(=O)c6ccc(NCc7cnc8nc(N)[nH]c(=O)c8n7)cc6)C(=O)O)nn5)cn4)[C@H](O)[C@]4(CC)C=CCN5CC[C@]32[C@@H]54)c2[nH]c3ccccc3c2CCN(C)C1. The molecule has 2 fully saturated rings. The first kappa shape index (κ1) is 99.1. The van der Waals surface area contributed by atoms with Crippen LogP contribution in [0.4, 0.5) is 17.3 Å². The third kappa shape index (κ3) is 22.7. The number of aliphatic hydroxyl groups is 3. The number of aromatic amines is 2. The van der Waals surface area contributed by atoms with Crippen LogP contribution in [-0.4, -0.2) is 294 Å². The molecule has 131 heavy (non-hydrogen) atoms. The van der Waals surface area contributed by atoms with Crippen LogP contribution in [0.2, 0.25) is 32.2 Å². The lowest BCUT2D eigenvalue weighted by atomic mass is 9.47. The summed E-state index contributed by atoms with van der Waals surface area (Å²) in [7, 11) is 2.43. The number of aromatic nitrogens is 10. The van der Waals surface area contributed by atoms with Crippen molar-refractivity contribution in [2.45, 2.75) is 208 Å². The summed E-state index contributed by atoms with van der Waals surface area (Å²) in [6.45, 7) is 22.4. The number of carboxylic acids is 1. The summed E-state index contributed by atoms with van der Waals surface area (Å²) in [6, 6.07) is 17.0. The molecule has 1 saturated carbocycles. The molecule has 0 radical (unpaired) electrons. The van der Waals surface area contributed by atoms with Gasteiger partial charge >= 0.3 is 11.9 Å². The molecule has 3 aromatic carbocycles. The highest BCUT2D eigenvalue weighted by Crippen LogP contribution is 2.68. The van der Waals surface area contributed by atoms with Crippen LogP contribution >= 0.6 is 11.8 Å². The van der Waals surface area contributed by atoms with Crippen molar-refractivity contribution in [1.29, 1.82) is 0 Å². The molecule has 35 nitrogen and oxygen atoms in total. The number of methoxy groups -OCH3 is 2. The van der Waals surface area contributed by atoms with Gasteiger partial charge in [-0.15, -0.1) is 5.10 Å². The molecule has 9 heterocycles. The number of unbranched alkanes of at least 4 members (excludes halogenated alkanes) is 1. The number of amides is 1. The molecule has 710 valence electrons. The first-order valence-electron chi connectivity index (χ1n) is 45.6. The number of carbonyl (C=O) groups excluding carboxylic acids is 4. The van der Waals surface area contributed by atoms with Gasteiger partial charge in [0.15, 0.2) is 44.3 Å². The van der Waals surface area contributed by atoms with E-state index >= 15 is 9.59 Å². The summed E-state index contributed by atoms with van der Waals surface area (Å²) in [4.78, 5) is 116. The minimum atomic E-state index is -2.32. The lowest BCUT2D eigenvalue weighted by Crippen LogP contribution is -2.80. The molecule has 4 aliphatic heterocycles. The fraction of sp³-hybridized carbons (Fsp3) is 0.581. The number of benzene rings is 3. The molecular formula is C93H130N16O19SSi2. The van der Waals surface area contributed by atoms with E-state index < -0.39 is 85.7 Å². The molecule has 1 amide bonds. The molecular weight excluding hydrogens is 1730 g/mol. The van der Waals surface area contributed by atoms with Crippen LogP contribution in [0, 0.1) is 11.3 Å². The molecule has 5 aromatic heterocycles. The summed E-state index contributed by atoms with van der Waals surface area (Å²) in [5.41, 5.74) is 6.31. The van der Waals surface area contributed by atoms with Gasteiger partial charge in [-0.3, -0.25) is 33.9 Å². The Morgan fingerprint density at radius 2 is 1.46 bits per heavy atom. The standard InChI is InChI=1S/C93H130N16O19SSi2/c1-12-89(118)50-61(3)51-92(86(117)121-7,78-69(30-34-106(4)59-89)68-21-14-15-22-72(68)100-78)71-48-70-74(49-75(71)120-6)107(5)84-91(70)32-35-108-33-19-31-90(13-2,83(91)108)85(116)93(84,119)76(111)23-16-17-47-130(8,9)128-131(10,11)60-129-88-97-52-62(53-98-88)56-109-57-66(104-105-109)58-127-46-45-126-44-43-125-42-41-124-40-39-123-38-37-122-36-18-20-67(110)28-29-73(82(114)115)101-80(112)63-24-26-64(27-25-63)95-54-65-55-96-79-77(99-65)81(113)103-87(94)102-79/h14-15,19,21-22,24-27,31,48-49,52-53,55,57,61,73,83-85,95,100,116,118-119H,12-13,16-18,20,23,28-30,32-47,50-51,54,56,58-60H2,1-11H3,(H,101,112)(H,114,115)(H3,94,96,102,103,113)/t61-,73-,83-,84+,85+,89-,90+,91+,92-,93-/m0/s1. The van der Waals surface area contributed by atoms with Crippen LogP contribution in [0.3, 0.4) is 0 Å². The van der Waals surface area contributed by atoms with Crippen molar-refractivity contribution >= 4 is 97.2 Å². The van der Waals surface area contributed by atoms with Gasteiger partial charge in [0.25, 0.3) is 11.5 Å². The minimum absolute atomic E-state index is 0.0283. The lowest BCUT2D eigenvalue weighted by molar-refractivity contribution is -0.202. The maximum absolute atomic E-state index is 15.7. The number of aliphatic carboxylic acids is 1. The number of ether oxygens (including phenoxy) is 8. The average molecular weight is 1860 g/mol. The predicted octanol–water partition coefficient (Wildman–Crippen LogP) is 8.64. The number of nitrogen functional groups attached to an aromatic ring is 1. The largest absolute Gasteiger partial charge is 0.496 e. The maximum Gasteiger partial charge on any atom is 0.326 e. The van der Waals surface area contributed by atoms with E-state index in [-0.39, 0.29) is 91.5 Å². The Balaban J connectivity index is 0.488. The topological polar surface area (TPSA) is 453 Å². The van der Waals surface area contributed by atoms with E-state index in [9.17, 15) is 39.6 Å². The number of thioether (sulfide) groups is 1. The number of likely N-dealkylation sites (N-methyl/N-ethyl adjacent to an activating group) is 2. The summed E-state index contributed by atoms with van der Waals surface area (Å²) < 4.78 is 55.3. The number of aliphatic hydroxyl groups excluding tert-OH is 1. The monoisotopic (exact) mass is 1860 g/mol. The normalized spacial score (nSPS) is 23.0. The number of esters is 1. The summed E-state index contributed by atoms with van der Waals surface area (Å²) >= 11 is 1.58. The number of rotatable bonds is 48. The number of para-hydroxylation sites is 1. The number of nitrogens with one attached hydrogen (secondary N) is 4. The smallest absolute Gasteiger partial charge is 0.326 e. The van der Waals surface area contributed by atoms with Crippen molar-refractivity contribution in [2.24, 2.45) is 11.3 Å². The number of β-amino-alcohol motifs (C(OH)–C–C–N with tert-alkyl or cyclic N) is 1. The fourth-order valence-electron chi connectivity index (χ4n) is 20.6. The Kier molecular flexibility index (Phi) is 33.1. The number of ketones is 2. The van der Waals surface area contributed by atoms with E-state index in [4.69, 9.17) is 57.7 Å². The van der Waals surface area contributed by atoms with E-state index in [1.807, 2.05) is 56.4 Å². The van der Waals surface area contributed by atoms with Gasteiger partial charge in [-0.25, -0.2) is 29.4 Å². The summed E-state index contributed by atoms with van der Waals surface area (Å²) in [5, 5.41) is 66.0. The third-order valence-corrected chi connectivity index (χ3v) is 36.2. The van der Waals surface area contributed by atoms with Crippen LogP contribution in [-0.2, 0) is 93.4 Å². The number of H-pyrrole nitrogens is 2. The van der Waals surface area contributed by atoms with Gasteiger partial charge in [0.2, 0.25) is 5.95 Å². The van der Waals surface area contributed by atoms with E-state index in [2.05, 4.69) is 120 Å². The number of carboxylic acid groups (broad SMARTS) is 1. The Hall–Kier alpha value is -9.37. The molecule has 0 unspecified atom stereocenters. The van der Waals surface area contributed by atoms with Gasteiger partial charge in [0.05, 0.1) is 130 Å². The van der Waals surface area contributed by atoms with E-state index in [0.29, 0.717) is 190 Å². The molecule has 10 atom stereocenters. The van der Waals surface area contributed by atoms with Crippen molar-refractivity contribution in [3.63, 3.8) is 0 Å². The van der Waals surface area contributed by atoms with Gasteiger partial charge in [-0.05, 0) is 157 Å². The molecule has 13 rings (SSSR count). The van der Waals surface area contributed by atoms with Crippen molar-refractivity contribution in [3.8, 4) is 5.75 Å². The van der Waals surface area contributed by atoms with Crippen molar-refractivity contribution in [2.75, 3.05) is 148 Å². The zero-order chi connectivity index (χ0) is 93.5. The van der Waals surface area contributed by atoms with Crippen LogP contribution in [0.15, 0.2) is 108 Å². The molecule has 1 saturated heterocycles. The number of nitrogens with two attached hydrogens (primary N) is 1. The number of carbonyl (C=O) groups is 5. The second kappa shape index (κ2) is 43.8. The van der Waals surface area contributed by atoms with Gasteiger partial charge < -0.3 is 93.6 Å². The first-order valence-corrected chi connectivity index (χ1v) is 52.9. The highest BCUT2D eigenvalue weighted by molar-refractivity contribution is 8.00. The molecule has 1 spiro atoms. The summed E-state index contributed by atoms with van der Waals surface area (Å²) in [6.07, 6.45) is 14.3. The fourth-order valence-corrected chi connectivity index (χ4v) is 31.0. The number of hydrogen-bond acceptors (Lipinski definition) is 31. The van der Waals surface area contributed by atoms with Crippen LogP contribution in [0.5, 0.6) is 5.75 Å². The van der Waals surface area contributed by atoms with Gasteiger partial charge in [-0.1, -0.05) is 74.5 Å². The van der Waals surface area contributed by atoms with Crippen LogP contribution in [0.25, 0.3) is 22.1 Å². The number of nitrogens with zero attached hydrogens (tertiary/aromatic N) is 11. The zero-order valence-electron chi connectivity index (χ0n) is 77.3. The second-order valence-electron chi connectivity index (χ2n) is 36.8. The van der Waals surface area contributed by atoms with Crippen molar-refractivity contribution in [3.05, 3.63) is 153 Å². The lowest BCUT2D eigenvalue weighted by Gasteiger charge is -2.63. The Bertz CT molecular complexity index is 5360. The van der Waals surface area contributed by atoms with Crippen molar-refractivity contribution < 1.29 is 86.4 Å². The van der Waals surface area contributed by atoms with E-state index in [0.717, 1.165) is 50.4 Å². The van der Waals surface area contributed by atoms with Gasteiger partial charge in [0.1, 0.15) is 34.8 Å². The number of hydrogen-bond donors (Lipinski definition) is 9. The van der Waals surface area contributed by atoms with Crippen LogP contribution in [0.1, 0.15) is 148 Å². The molecule has 8 aromatic rings. The predicted molar refractivity (Wildman–Crippen MR) is 499 cm³/mol. The number of Topliss-reactive ketones (excluding diaryl/α,β-unsaturated/α-hetero) is 2. The highest BCUT2D eigenvalue weighted by Gasteiger charge is 2.78. The van der Waals surface area contributed by atoms with Crippen LogP contribution < -0.4 is 31.6 Å². The Morgan fingerprint density at radius 1 is 0.763 bits per heavy atom. The minimum Gasteiger partial charge on any atom is -0.496 e. The number of anilines is 3. The second-order valence-corrected chi connectivity index (χ2v) is 46.9. The quantitative estimate of drug-likeness (QED) is 0.00430. The highest BCUT2D eigenvalue weighted by atomic mass is 32.2. The molecule has 38 heteroatoms. The Labute approximate surface area is 770 Å².